The molecule has 5 nitrogen and oxygen atoms in total. The molecule has 0 amide bonds. The minimum atomic E-state index is -0.260. The van der Waals surface area contributed by atoms with Gasteiger partial charge in [0.2, 0.25) is 0 Å². The zero-order valence-corrected chi connectivity index (χ0v) is 10.1. The Labute approximate surface area is 99.4 Å². The summed E-state index contributed by atoms with van der Waals surface area (Å²) in [4.78, 5) is 21.0. The van der Waals surface area contributed by atoms with Gasteiger partial charge in [-0.3, -0.25) is 14.7 Å². The Morgan fingerprint density at radius 2 is 2.25 bits per heavy atom. The van der Waals surface area contributed by atoms with Crippen LogP contribution in [0.4, 0.5) is 0 Å². The molecule has 0 fully saturated rings. The van der Waals surface area contributed by atoms with Gasteiger partial charge in [-0.05, 0) is 6.54 Å². The largest absolute Gasteiger partial charge is 0.468 e. The average Bonchev–Trinajstić information content (AvgIpc) is 2.30. The Morgan fingerprint density at radius 3 is 2.75 bits per heavy atom. The summed E-state index contributed by atoms with van der Waals surface area (Å²) in [5, 5.41) is 0.361. The van der Waals surface area contributed by atoms with E-state index in [1.54, 1.807) is 6.20 Å². The standard InChI is InChI=1S/C10H14ClN3O2/c1-3-14(7-10(15)16-2)6-8-4-13-9(11)5-12-8/h4-5H,3,6-7H2,1-2H3. The number of carbonyl (C=O) groups is 1. The van der Waals surface area contributed by atoms with Gasteiger partial charge in [-0.15, -0.1) is 0 Å². The molecule has 1 rings (SSSR count). The number of hydrogen-bond acceptors (Lipinski definition) is 5. The van der Waals surface area contributed by atoms with Crippen molar-refractivity contribution in [1.29, 1.82) is 0 Å². The third-order valence-corrected chi connectivity index (χ3v) is 2.28. The molecule has 0 N–H and O–H groups in total. The Morgan fingerprint density at radius 1 is 1.50 bits per heavy atom. The number of methoxy groups -OCH3 is 1. The zero-order valence-electron chi connectivity index (χ0n) is 9.31. The second kappa shape index (κ2) is 6.40. The van der Waals surface area contributed by atoms with E-state index in [1.165, 1.54) is 13.3 Å². The van der Waals surface area contributed by atoms with Gasteiger partial charge in [-0.25, -0.2) is 4.98 Å². The first kappa shape index (κ1) is 12.9. The van der Waals surface area contributed by atoms with E-state index in [2.05, 4.69) is 14.7 Å². The Bertz CT molecular complexity index is 342. The second-order valence-electron chi connectivity index (χ2n) is 3.21. The fourth-order valence-corrected chi connectivity index (χ4v) is 1.27. The van der Waals surface area contributed by atoms with Crippen LogP contribution in [0.25, 0.3) is 0 Å². The lowest BCUT2D eigenvalue weighted by Gasteiger charge is -2.17. The molecule has 0 saturated heterocycles. The van der Waals surface area contributed by atoms with Crippen molar-refractivity contribution < 1.29 is 9.53 Å². The van der Waals surface area contributed by atoms with Gasteiger partial charge in [0.05, 0.1) is 31.7 Å². The molecule has 6 heteroatoms. The predicted molar refractivity (Wildman–Crippen MR) is 60.0 cm³/mol. The van der Waals surface area contributed by atoms with Crippen LogP contribution in [0, 0.1) is 0 Å². The van der Waals surface area contributed by atoms with Crippen LogP contribution in [0.5, 0.6) is 0 Å². The maximum atomic E-state index is 11.1. The summed E-state index contributed by atoms with van der Waals surface area (Å²) >= 11 is 5.63. The van der Waals surface area contributed by atoms with Crippen molar-refractivity contribution in [2.75, 3.05) is 20.2 Å². The highest BCUT2D eigenvalue weighted by Crippen LogP contribution is 2.04. The number of aromatic nitrogens is 2. The molecule has 0 bridgehead atoms. The summed E-state index contributed by atoms with van der Waals surface area (Å²) in [5.41, 5.74) is 0.773. The lowest BCUT2D eigenvalue weighted by Crippen LogP contribution is -2.30. The van der Waals surface area contributed by atoms with E-state index < -0.39 is 0 Å². The van der Waals surface area contributed by atoms with Crippen molar-refractivity contribution in [3.8, 4) is 0 Å². The van der Waals surface area contributed by atoms with Gasteiger partial charge in [-0.1, -0.05) is 18.5 Å². The van der Waals surface area contributed by atoms with E-state index in [4.69, 9.17) is 11.6 Å². The lowest BCUT2D eigenvalue weighted by atomic mass is 10.4. The van der Waals surface area contributed by atoms with Crippen molar-refractivity contribution >= 4 is 17.6 Å². The number of halogens is 1. The van der Waals surface area contributed by atoms with Gasteiger partial charge in [0.1, 0.15) is 5.15 Å². The van der Waals surface area contributed by atoms with Crippen LogP contribution >= 0.6 is 11.6 Å². The van der Waals surface area contributed by atoms with Gasteiger partial charge in [0.25, 0.3) is 0 Å². The molecule has 1 aromatic rings. The van der Waals surface area contributed by atoms with Crippen LogP contribution in [0.1, 0.15) is 12.6 Å². The van der Waals surface area contributed by atoms with Crippen LogP contribution in [-0.2, 0) is 16.1 Å². The maximum Gasteiger partial charge on any atom is 0.319 e. The molecule has 16 heavy (non-hydrogen) atoms. The number of likely N-dealkylation sites (N-methyl/N-ethyl adjacent to an activating group) is 1. The number of carbonyl (C=O) groups excluding carboxylic acids is 1. The van der Waals surface area contributed by atoms with Crippen molar-refractivity contribution in [2.45, 2.75) is 13.5 Å². The topological polar surface area (TPSA) is 55.3 Å². The van der Waals surface area contributed by atoms with Crippen molar-refractivity contribution in [1.82, 2.24) is 14.9 Å². The van der Waals surface area contributed by atoms with Gasteiger partial charge in [-0.2, -0.15) is 0 Å². The molecule has 0 aliphatic rings. The van der Waals surface area contributed by atoms with Gasteiger partial charge < -0.3 is 4.74 Å². The molecule has 0 aliphatic carbocycles. The Balaban J connectivity index is 2.56. The van der Waals surface area contributed by atoms with Gasteiger partial charge in [0, 0.05) is 6.54 Å². The van der Waals surface area contributed by atoms with Crippen molar-refractivity contribution in [2.24, 2.45) is 0 Å². The minimum absolute atomic E-state index is 0.247. The van der Waals surface area contributed by atoms with Crippen molar-refractivity contribution in [3.63, 3.8) is 0 Å². The SMILES string of the molecule is CCN(CC(=O)OC)Cc1cnc(Cl)cn1. The van der Waals surface area contributed by atoms with Crippen LogP contribution in [0.3, 0.4) is 0 Å². The molecule has 0 unspecified atom stereocenters. The Kier molecular flexibility index (Phi) is 5.14. The fourth-order valence-electron chi connectivity index (χ4n) is 1.18. The molecule has 0 saturated carbocycles. The highest BCUT2D eigenvalue weighted by molar-refractivity contribution is 6.29. The number of rotatable bonds is 5. The highest BCUT2D eigenvalue weighted by Gasteiger charge is 2.10. The smallest absolute Gasteiger partial charge is 0.319 e. The van der Waals surface area contributed by atoms with E-state index >= 15 is 0 Å². The molecule has 1 aromatic heterocycles. The lowest BCUT2D eigenvalue weighted by molar-refractivity contribution is -0.142. The number of esters is 1. The van der Waals surface area contributed by atoms with E-state index in [0.717, 1.165) is 12.2 Å². The summed E-state index contributed by atoms with van der Waals surface area (Å²) in [7, 11) is 1.37. The normalized spacial score (nSPS) is 10.5. The molecule has 0 aromatic carbocycles. The third-order valence-electron chi connectivity index (χ3n) is 2.09. The average molecular weight is 244 g/mol. The fraction of sp³-hybridized carbons (Fsp3) is 0.500. The zero-order chi connectivity index (χ0) is 12.0. The number of nitrogens with zero attached hydrogens (tertiary/aromatic N) is 3. The van der Waals surface area contributed by atoms with Crippen LogP contribution in [0.2, 0.25) is 5.15 Å². The molecule has 1 heterocycles. The highest BCUT2D eigenvalue weighted by atomic mass is 35.5. The molecule has 0 aliphatic heterocycles. The predicted octanol–water partition coefficient (Wildman–Crippen LogP) is 1.12. The first-order valence-corrected chi connectivity index (χ1v) is 5.29. The first-order valence-electron chi connectivity index (χ1n) is 4.91. The van der Waals surface area contributed by atoms with Crippen LogP contribution in [0.15, 0.2) is 12.4 Å². The summed E-state index contributed by atoms with van der Waals surface area (Å²) in [6, 6.07) is 0. The van der Waals surface area contributed by atoms with E-state index in [1.807, 2.05) is 11.8 Å². The monoisotopic (exact) mass is 243 g/mol. The maximum absolute atomic E-state index is 11.1. The molecule has 0 spiro atoms. The Hall–Kier alpha value is -1.20. The molecule has 0 atom stereocenters. The third kappa shape index (κ3) is 4.12. The summed E-state index contributed by atoms with van der Waals surface area (Å²) in [5.74, 6) is -0.260. The number of ether oxygens (including phenoxy) is 1. The molecular formula is C10H14ClN3O2. The second-order valence-corrected chi connectivity index (χ2v) is 3.60. The van der Waals surface area contributed by atoms with Crippen molar-refractivity contribution in [3.05, 3.63) is 23.2 Å². The van der Waals surface area contributed by atoms with E-state index in [0.29, 0.717) is 11.7 Å². The summed E-state index contributed by atoms with van der Waals surface area (Å²) in [6.07, 6.45) is 3.09. The number of hydrogen-bond donors (Lipinski definition) is 0. The molecular weight excluding hydrogens is 230 g/mol. The first-order chi connectivity index (χ1) is 7.65. The minimum Gasteiger partial charge on any atom is -0.468 e. The van der Waals surface area contributed by atoms with Crippen LogP contribution < -0.4 is 0 Å². The van der Waals surface area contributed by atoms with E-state index in [9.17, 15) is 4.79 Å². The molecule has 88 valence electrons. The van der Waals surface area contributed by atoms with E-state index in [-0.39, 0.29) is 12.5 Å². The quantitative estimate of drug-likeness (QED) is 0.726. The summed E-state index contributed by atoms with van der Waals surface area (Å²) in [6.45, 7) is 3.50. The summed E-state index contributed by atoms with van der Waals surface area (Å²) < 4.78 is 4.60. The van der Waals surface area contributed by atoms with Gasteiger partial charge >= 0.3 is 5.97 Å². The van der Waals surface area contributed by atoms with Crippen LogP contribution in [-0.4, -0.2) is 41.0 Å². The molecule has 0 radical (unpaired) electrons. The van der Waals surface area contributed by atoms with Gasteiger partial charge in [0.15, 0.2) is 0 Å².